The van der Waals surface area contributed by atoms with Gasteiger partial charge in [0.05, 0.1) is 0 Å². The first-order valence-electron chi connectivity index (χ1n) is 5.15. The van der Waals surface area contributed by atoms with Gasteiger partial charge < -0.3 is 0 Å². The summed E-state index contributed by atoms with van der Waals surface area (Å²) in [6.07, 6.45) is 3.65. The predicted octanol–water partition coefficient (Wildman–Crippen LogP) is 3.66. The lowest BCUT2D eigenvalue weighted by Gasteiger charge is -2.14. The molecule has 0 saturated carbocycles. The first kappa shape index (κ1) is 9.61. The van der Waals surface area contributed by atoms with Gasteiger partial charge in [0.25, 0.3) is 0 Å². The molecule has 1 aliphatic rings. The largest absolute Gasteiger partial charge is 0.292 e. The number of rotatable bonds is 0. The van der Waals surface area contributed by atoms with Gasteiger partial charge in [0.1, 0.15) is 5.38 Å². The summed E-state index contributed by atoms with van der Waals surface area (Å²) in [6.45, 7) is 0. The van der Waals surface area contributed by atoms with Crippen molar-refractivity contribution in [1.82, 2.24) is 0 Å². The number of alkyl halides is 1. The summed E-state index contributed by atoms with van der Waals surface area (Å²) >= 11 is 5.91. The Hall–Kier alpha value is -1.60. The average Bonchev–Trinajstić information content (AvgIpc) is 2.32. The van der Waals surface area contributed by atoms with Crippen LogP contribution in [-0.2, 0) is 0 Å². The van der Waals surface area contributed by atoms with Gasteiger partial charge >= 0.3 is 0 Å². The first-order valence-corrected chi connectivity index (χ1v) is 5.58. The third-order valence-electron chi connectivity index (χ3n) is 2.88. The summed E-state index contributed by atoms with van der Waals surface area (Å²) < 4.78 is 0. The van der Waals surface area contributed by atoms with E-state index in [0.29, 0.717) is 0 Å². The van der Waals surface area contributed by atoms with Crippen molar-refractivity contribution >= 4 is 34.2 Å². The number of carbonyl (C=O) groups is 1. The van der Waals surface area contributed by atoms with Crippen LogP contribution < -0.4 is 0 Å². The fraction of sp³-hybridized carbons (Fsp3) is 0.0714. The van der Waals surface area contributed by atoms with E-state index in [2.05, 4.69) is 0 Å². The molecule has 0 aromatic heterocycles. The minimum atomic E-state index is -0.520. The second-order valence-corrected chi connectivity index (χ2v) is 4.38. The molecule has 0 aliphatic heterocycles. The van der Waals surface area contributed by atoms with Crippen molar-refractivity contribution < 1.29 is 4.79 Å². The summed E-state index contributed by atoms with van der Waals surface area (Å²) in [6, 6.07) is 12.0. The zero-order chi connectivity index (χ0) is 11.1. The van der Waals surface area contributed by atoms with Crippen LogP contribution in [0.5, 0.6) is 0 Å². The van der Waals surface area contributed by atoms with E-state index in [1.54, 1.807) is 6.08 Å². The number of carbonyl (C=O) groups excluding carboxylic acids is 1. The molecule has 0 bridgehead atoms. The Morgan fingerprint density at radius 2 is 1.75 bits per heavy atom. The maximum atomic E-state index is 11.9. The standard InChI is InChI=1S/C14H9ClO/c15-13-6-5-11-7-9-3-1-2-4-10(9)8-12(11)14(13)16/h1-8,13H. The Labute approximate surface area is 98.3 Å². The fourth-order valence-corrected chi connectivity index (χ4v) is 2.22. The molecule has 0 radical (unpaired) electrons. The van der Waals surface area contributed by atoms with Crippen molar-refractivity contribution in [2.24, 2.45) is 0 Å². The highest BCUT2D eigenvalue weighted by Crippen LogP contribution is 2.27. The number of hydrogen-bond donors (Lipinski definition) is 0. The number of halogens is 1. The Balaban J connectivity index is 2.33. The van der Waals surface area contributed by atoms with Gasteiger partial charge in [0.15, 0.2) is 5.78 Å². The quantitative estimate of drug-likeness (QED) is 0.629. The molecule has 2 aromatic rings. The highest BCUT2D eigenvalue weighted by molar-refractivity contribution is 6.36. The van der Waals surface area contributed by atoms with E-state index in [1.165, 1.54) is 0 Å². The van der Waals surface area contributed by atoms with Gasteiger partial charge in [-0.3, -0.25) is 4.79 Å². The molecule has 1 unspecified atom stereocenters. The summed E-state index contributed by atoms with van der Waals surface area (Å²) in [4.78, 5) is 11.9. The summed E-state index contributed by atoms with van der Waals surface area (Å²) in [5.74, 6) is -0.00933. The molecular weight excluding hydrogens is 220 g/mol. The lowest BCUT2D eigenvalue weighted by molar-refractivity contribution is 0.0998. The average molecular weight is 229 g/mol. The van der Waals surface area contributed by atoms with Crippen LogP contribution in [0, 0.1) is 0 Å². The minimum Gasteiger partial charge on any atom is -0.292 e. The molecule has 0 N–H and O–H groups in total. The van der Waals surface area contributed by atoms with Gasteiger partial charge in [-0.2, -0.15) is 0 Å². The molecule has 1 atom stereocenters. The molecule has 0 heterocycles. The van der Waals surface area contributed by atoms with Crippen molar-refractivity contribution in [3.05, 3.63) is 53.6 Å². The van der Waals surface area contributed by atoms with Crippen molar-refractivity contribution in [2.45, 2.75) is 5.38 Å². The van der Waals surface area contributed by atoms with Crippen LogP contribution in [0.25, 0.3) is 16.8 Å². The molecule has 2 heteroatoms. The lowest BCUT2D eigenvalue weighted by Crippen LogP contribution is -2.16. The van der Waals surface area contributed by atoms with Crippen LogP contribution in [0.15, 0.2) is 42.5 Å². The molecule has 78 valence electrons. The molecule has 1 aliphatic carbocycles. The first-order chi connectivity index (χ1) is 7.75. The van der Waals surface area contributed by atoms with Crippen LogP contribution in [0.1, 0.15) is 15.9 Å². The van der Waals surface area contributed by atoms with Gasteiger partial charge in [-0.15, -0.1) is 11.6 Å². The van der Waals surface area contributed by atoms with E-state index in [-0.39, 0.29) is 5.78 Å². The number of benzene rings is 2. The van der Waals surface area contributed by atoms with E-state index in [4.69, 9.17) is 11.6 Å². The highest BCUT2D eigenvalue weighted by atomic mass is 35.5. The zero-order valence-corrected chi connectivity index (χ0v) is 9.24. The van der Waals surface area contributed by atoms with E-state index in [1.807, 2.05) is 42.5 Å². The Bertz CT molecular complexity index is 613. The van der Waals surface area contributed by atoms with E-state index >= 15 is 0 Å². The second kappa shape index (κ2) is 3.46. The molecule has 0 fully saturated rings. The molecular formula is C14H9ClO. The molecule has 0 spiro atoms. The van der Waals surface area contributed by atoms with Gasteiger partial charge in [-0.25, -0.2) is 0 Å². The van der Waals surface area contributed by atoms with E-state index in [9.17, 15) is 4.79 Å². The zero-order valence-electron chi connectivity index (χ0n) is 8.48. The summed E-state index contributed by atoms with van der Waals surface area (Å²) in [5.41, 5.74) is 1.68. The summed E-state index contributed by atoms with van der Waals surface area (Å²) in [5, 5.41) is 1.70. The monoisotopic (exact) mass is 228 g/mol. The highest BCUT2D eigenvalue weighted by Gasteiger charge is 2.21. The van der Waals surface area contributed by atoms with Crippen LogP contribution in [0.3, 0.4) is 0 Å². The van der Waals surface area contributed by atoms with Gasteiger partial charge in [0.2, 0.25) is 0 Å². The van der Waals surface area contributed by atoms with Crippen molar-refractivity contribution in [3.63, 3.8) is 0 Å². The normalized spacial score (nSPS) is 18.8. The van der Waals surface area contributed by atoms with Crippen LogP contribution in [0.4, 0.5) is 0 Å². The summed E-state index contributed by atoms with van der Waals surface area (Å²) in [7, 11) is 0. The predicted molar refractivity (Wildman–Crippen MR) is 67.0 cm³/mol. The second-order valence-electron chi connectivity index (χ2n) is 3.91. The molecule has 0 saturated heterocycles. The SMILES string of the molecule is O=C1c2cc3ccccc3cc2C=CC1Cl. The van der Waals surface area contributed by atoms with Crippen molar-refractivity contribution in [2.75, 3.05) is 0 Å². The Morgan fingerprint density at radius 3 is 2.50 bits per heavy atom. The third kappa shape index (κ3) is 1.36. The molecule has 3 rings (SSSR count). The minimum absolute atomic E-state index is 0.00933. The topological polar surface area (TPSA) is 17.1 Å². The van der Waals surface area contributed by atoms with Crippen molar-refractivity contribution in [3.8, 4) is 0 Å². The van der Waals surface area contributed by atoms with Gasteiger partial charge in [-0.05, 0) is 28.5 Å². The van der Waals surface area contributed by atoms with E-state index < -0.39 is 5.38 Å². The Kier molecular flexibility index (Phi) is 2.08. The molecule has 16 heavy (non-hydrogen) atoms. The van der Waals surface area contributed by atoms with Crippen LogP contribution in [-0.4, -0.2) is 11.2 Å². The van der Waals surface area contributed by atoms with Crippen LogP contribution >= 0.6 is 11.6 Å². The molecule has 1 nitrogen and oxygen atoms in total. The van der Waals surface area contributed by atoms with Gasteiger partial charge in [0, 0.05) is 5.56 Å². The van der Waals surface area contributed by atoms with Crippen molar-refractivity contribution in [1.29, 1.82) is 0 Å². The number of hydrogen-bond acceptors (Lipinski definition) is 1. The maximum Gasteiger partial charge on any atom is 0.185 e. The maximum absolute atomic E-state index is 11.9. The molecule has 2 aromatic carbocycles. The smallest absolute Gasteiger partial charge is 0.185 e. The Morgan fingerprint density at radius 1 is 1.06 bits per heavy atom. The fourth-order valence-electron chi connectivity index (χ4n) is 2.03. The third-order valence-corrected chi connectivity index (χ3v) is 3.22. The number of Topliss-reactive ketones (excluding diaryl/α,β-unsaturated/α-hetero) is 1. The van der Waals surface area contributed by atoms with Crippen LogP contribution in [0.2, 0.25) is 0 Å². The number of allylic oxidation sites excluding steroid dienone is 1. The number of ketones is 1. The molecule has 0 amide bonds. The lowest BCUT2D eigenvalue weighted by atomic mass is 9.93. The van der Waals surface area contributed by atoms with E-state index in [0.717, 1.165) is 21.9 Å². The van der Waals surface area contributed by atoms with Gasteiger partial charge in [-0.1, -0.05) is 36.4 Å². The number of fused-ring (bicyclic) bond motifs is 2.